The Bertz CT molecular complexity index is 131. The minimum absolute atomic E-state index is 0.543. The number of hydrogen-bond donors (Lipinski definition) is 0. The Labute approximate surface area is 81.5 Å². The topological polar surface area (TPSA) is 38.4 Å². The van der Waals surface area contributed by atoms with Gasteiger partial charge in [0, 0.05) is 6.61 Å². The van der Waals surface area contributed by atoms with E-state index < -0.39 is 8.32 Å². The van der Waals surface area contributed by atoms with Crippen molar-refractivity contribution in [1.82, 2.24) is 0 Å². The third kappa shape index (κ3) is 11.7. The number of hydrogen-bond acceptors (Lipinski definition) is 2. The molecule has 0 amide bonds. The molecule has 0 aliphatic carbocycles. The van der Waals surface area contributed by atoms with Gasteiger partial charge in [-0.1, -0.05) is 6.58 Å². The monoisotopic (exact) mass is 203 g/mol. The molecule has 0 aromatic heterocycles. The summed E-state index contributed by atoms with van der Waals surface area (Å²) in [6.07, 6.45) is 2.27. The van der Waals surface area contributed by atoms with E-state index in [4.69, 9.17) is 9.47 Å². The van der Waals surface area contributed by atoms with Crippen LogP contribution in [0.4, 0.5) is 0 Å². The van der Waals surface area contributed by atoms with Crippen molar-refractivity contribution in [2.45, 2.75) is 25.6 Å². The fourth-order valence-electron chi connectivity index (χ4n) is 0.892. The van der Waals surface area contributed by atoms with E-state index in [0.717, 1.165) is 12.5 Å². The molecule has 4 heteroatoms. The largest absolute Gasteiger partial charge is 0.499 e. The quantitative estimate of drug-likeness (QED) is 0.344. The van der Waals surface area contributed by atoms with Crippen LogP contribution >= 0.6 is 0 Å². The van der Waals surface area contributed by atoms with Crippen LogP contribution in [0.1, 0.15) is 6.42 Å². The van der Waals surface area contributed by atoms with Crippen LogP contribution in [0.2, 0.25) is 19.1 Å². The lowest BCUT2D eigenvalue weighted by molar-refractivity contribution is 0.0850. The number of rotatable bonds is 8. The van der Waals surface area contributed by atoms with Crippen LogP contribution in [0.15, 0.2) is 12.8 Å². The van der Waals surface area contributed by atoms with Gasteiger partial charge in [0.05, 0.1) is 12.9 Å². The molecule has 0 aromatic rings. The smallest absolute Gasteiger partial charge is 0.231 e. The second-order valence-corrected chi connectivity index (χ2v) is 7.53. The van der Waals surface area contributed by atoms with E-state index in [-0.39, 0.29) is 0 Å². The van der Waals surface area contributed by atoms with Crippen LogP contribution in [0.3, 0.4) is 0 Å². The molecule has 0 unspecified atom stereocenters. The van der Waals surface area contributed by atoms with Gasteiger partial charge in [-0.05, 0) is 25.6 Å². The van der Waals surface area contributed by atoms with E-state index in [1.54, 1.807) is 0 Å². The zero-order chi connectivity index (χ0) is 10.2. The zero-order valence-electron chi connectivity index (χ0n) is 8.54. The van der Waals surface area contributed by atoms with Gasteiger partial charge in [0.25, 0.3) is 0 Å². The van der Waals surface area contributed by atoms with Gasteiger partial charge in [-0.15, -0.1) is 0 Å². The first-order valence-electron chi connectivity index (χ1n) is 4.57. The average molecular weight is 203 g/mol. The van der Waals surface area contributed by atoms with E-state index in [1.165, 1.54) is 6.26 Å². The fourth-order valence-corrected chi connectivity index (χ4v) is 1.89. The summed E-state index contributed by atoms with van der Waals surface area (Å²) in [6, 6.07) is 0.787. The maximum Gasteiger partial charge on any atom is 0.231 e. The maximum absolute atomic E-state index is 11.3. The Balaban J connectivity index is 3.04. The van der Waals surface area contributed by atoms with Crippen LogP contribution < -0.4 is 0 Å². The van der Waals surface area contributed by atoms with Gasteiger partial charge in [0.2, 0.25) is 8.32 Å². The van der Waals surface area contributed by atoms with E-state index in [9.17, 15) is 4.80 Å². The Morgan fingerprint density at radius 1 is 1.31 bits per heavy atom. The fraction of sp³-hybridized carbons (Fsp3) is 0.778. The summed E-state index contributed by atoms with van der Waals surface area (Å²) >= 11 is 0. The highest BCUT2D eigenvalue weighted by Crippen LogP contribution is 2.08. The highest BCUT2D eigenvalue weighted by atomic mass is 28.4. The standard InChI is InChI=1S/C9H19O3Si/c1-4-11-7-8-12-6-5-9-13(2,3)10/h4H,1,5-9H2,2-3H3. The summed E-state index contributed by atoms with van der Waals surface area (Å²) in [5.74, 6) is 0. The molecular formula is C9H19O3Si. The summed E-state index contributed by atoms with van der Waals surface area (Å²) in [7, 11) is -2.11. The third-order valence-electron chi connectivity index (χ3n) is 1.53. The highest BCUT2D eigenvalue weighted by Gasteiger charge is 2.18. The molecule has 0 bridgehead atoms. The highest BCUT2D eigenvalue weighted by molar-refractivity contribution is 6.69. The third-order valence-corrected chi connectivity index (χ3v) is 3.09. The molecule has 3 nitrogen and oxygen atoms in total. The zero-order valence-corrected chi connectivity index (χ0v) is 9.54. The molecule has 0 saturated heterocycles. The molecule has 0 aliphatic heterocycles. The van der Waals surface area contributed by atoms with Crippen molar-refractivity contribution in [3.63, 3.8) is 0 Å². The predicted octanol–water partition coefficient (Wildman–Crippen LogP) is 2.19. The molecule has 0 aromatic carbocycles. The second kappa shape index (κ2) is 7.12. The van der Waals surface area contributed by atoms with Crippen molar-refractivity contribution in [1.29, 1.82) is 0 Å². The van der Waals surface area contributed by atoms with Gasteiger partial charge in [-0.3, -0.25) is 4.80 Å². The van der Waals surface area contributed by atoms with Crippen molar-refractivity contribution >= 4 is 8.32 Å². The molecule has 0 atom stereocenters. The van der Waals surface area contributed by atoms with Gasteiger partial charge in [-0.2, -0.15) is 0 Å². The Kier molecular flexibility index (Phi) is 6.94. The van der Waals surface area contributed by atoms with E-state index in [0.29, 0.717) is 19.8 Å². The SMILES string of the molecule is C=COCCOCCC[Si](C)(C)[O]. The molecule has 1 radical (unpaired) electrons. The molecule has 0 rings (SSSR count). The summed E-state index contributed by atoms with van der Waals surface area (Å²) in [5.41, 5.74) is 0. The summed E-state index contributed by atoms with van der Waals surface area (Å²) in [5, 5.41) is 0. The molecule has 77 valence electrons. The van der Waals surface area contributed by atoms with Crippen LogP contribution in [0, 0.1) is 0 Å². The molecule has 13 heavy (non-hydrogen) atoms. The van der Waals surface area contributed by atoms with Gasteiger partial charge < -0.3 is 9.47 Å². The van der Waals surface area contributed by atoms with Crippen molar-refractivity contribution in [3.8, 4) is 0 Å². The van der Waals surface area contributed by atoms with Crippen molar-refractivity contribution in [3.05, 3.63) is 12.8 Å². The van der Waals surface area contributed by atoms with Crippen LogP contribution in [0.5, 0.6) is 0 Å². The summed E-state index contributed by atoms with van der Waals surface area (Å²) in [4.78, 5) is 11.3. The van der Waals surface area contributed by atoms with Crippen LogP contribution in [-0.4, -0.2) is 28.1 Å². The van der Waals surface area contributed by atoms with Crippen molar-refractivity contribution in [2.24, 2.45) is 0 Å². The van der Waals surface area contributed by atoms with Gasteiger partial charge in [0.1, 0.15) is 6.61 Å². The first kappa shape index (κ1) is 12.7. The molecule has 0 N–H and O–H groups in total. The average Bonchev–Trinajstić information content (AvgIpc) is 2.01. The first-order valence-corrected chi connectivity index (χ1v) is 7.68. The Hall–Kier alpha value is -0.323. The lowest BCUT2D eigenvalue weighted by Gasteiger charge is -2.10. The Morgan fingerprint density at radius 2 is 2.00 bits per heavy atom. The summed E-state index contributed by atoms with van der Waals surface area (Å²) in [6.45, 7) is 8.85. The van der Waals surface area contributed by atoms with Crippen molar-refractivity contribution in [2.75, 3.05) is 19.8 Å². The molecule has 0 saturated carbocycles. The van der Waals surface area contributed by atoms with Crippen molar-refractivity contribution < 1.29 is 14.3 Å². The molecular weight excluding hydrogens is 184 g/mol. The lowest BCUT2D eigenvalue weighted by atomic mass is 10.5. The van der Waals surface area contributed by atoms with Crippen LogP contribution in [-0.2, 0) is 14.3 Å². The van der Waals surface area contributed by atoms with E-state index >= 15 is 0 Å². The molecule has 0 fully saturated rings. The normalized spacial score (nSPS) is 11.3. The van der Waals surface area contributed by atoms with E-state index in [2.05, 4.69) is 6.58 Å². The minimum atomic E-state index is -2.11. The second-order valence-electron chi connectivity index (χ2n) is 3.51. The van der Waals surface area contributed by atoms with Gasteiger partial charge >= 0.3 is 0 Å². The lowest BCUT2D eigenvalue weighted by Crippen LogP contribution is -2.22. The number of ether oxygens (including phenoxy) is 2. The molecule has 0 spiro atoms. The minimum Gasteiger partial charge on any atom is -0.499 e. The van der Waals surface area contributed by atoms with Gasteiger partial charge in [0.15, 0.2) is 0 Å². The van der Waals surface area contributed by atoms with Gasteiger partial charge in [-0.25, -0.2) is 0 Å². The summed E-state index contributed by atoms with van der Waals surface area (Å²) < 4.78 is 10.1. The molecule has 0 aliphatic rings. The van der Waals surface area contributed by atoms with Crippen LogP contribution in [0.25, 0.3) is 0 Å². The van der Waals surface area contributed by atoms with E-state index in [1.807, 2.05) is 13.1 Å². The Morgan fingerprint density at radius 3 is 2.54 bits per heavy atom. The first-order chi connectivity index (χ1) is 6.06. The molecule has 0 heterocycles. The maximum atomic E-state index is 11.3. The predicted molar refractivity (Wildman–Crippen MR) is 54.6 cm³/mol.